The number of aromatic nitrogens is 2. The van der Waals surface area contributed by atoms with Gasteiger partial charge in [-0.05, 0) is 11.5 Å². The quantitative estimate of drug-likeness (QED) is 0.579. The molecular formula is C11H9N3. The lowest BCUT2D eigenvalue weighted by Crippen LogP contribution is -1.95. The minimum absolute atomic E-state index is 0.719. The largest absolute Gasteiger partial charge is 0.385 e. The van der Waals surface area contributed by atoms with Gasteiger partial charge in [0.15, 0.2) is 0 Å². The third kappa shape index (κ3) is 0.836. The van der Waals surface area contributed by atoms with E-state index in [4.69, 9.17) is 5.73 Å². The molecule has 0 bridgehead atoms. The number of nitrogens with two attached hydrogens (primary N) is 1. The van der Waals surface area contributed by atoms with Crippen molar-refractivity contribution in [3.8, 4) is 0 Å². The number of hydrogen-bond acceptors (Lipinski definition) is 2. The average Bonchev–Trinajstić information content (AvgIpc) is 2.67. The number of nitrogens with zero attached hydrogens (tertiary/aromatic N) is 2. The highest BCUT2D eigenvalue weighted by atomic mass is 15.0. The SMILES string of the molecule is Nc1cc2ccccc2c2cncn12. The molecule has 0 atom stereocenters. The van der Waals surface area contributed by atoms with E-state index in [1.165, 1.54) is 5.39 Å². The lowest BCUT2D eigenvalue weighted by atomic mass is 10.1. The summed E-state index contributed by atoms with van der Waals surface area (Å²) in [5.74, 6) is 0.719. The van der Waals surface area contributed by atoms with E-state index in [0.29, 0.717) is 0 Å². The highest BCUT2D eigenvalue weighted by molar-refractivity contribution is 5.97. The van der Waals surface area contributed by atoms with Gasteiger partial charge in [0.2, 0.25) is 0 Å². The highest BCUT2D eigenvalue weighted by Crippen LogP contribution is 2.22. The van der Waals surface area contributed by atoms with Crippen molar-refractivity contribution in [3.63, 3.8) is 0 Å². The Morgan fingerprint density at radius 3 is 3.00 bits per heavy atom. The Morgan fingerprint density at radius 2 is 2.07 bits per heavy atom. The van der Waals surface area contributed by atoms with E-state index in [1.807, 2.05) is 28.8 Å². The molecule has 1 aromatic carbocycles. The van der Waals surface area contributed by atoms with E-state index in [-0.39, 0.29) is 0 Å². The first-order chi connectivity index (χ1) is 6.86. The third-order valence-corrected chi connectivity index (χ3v) is 2.46. The van der Waals surface area contributed by atoms with E-state index in [2.05, 4.69) is 17.1 Å². The van der Waals surface area contributed by atoms with Crippen molar-refractivity contribution in [1.29, 1.82) is 0 Å². The first kappa shape index (κ1) is 7.38. The molecule has 0 unspecified atom stereocenters. The molecular weight excluding hydrogens is 174 g/mol. The molecule has 3 nitrogen and oxygen atoms in total. The fourth-order valence-electron chi connectivity index (χ4n) is 1.79. The van der Waals surface area contributed by atoms with Gasteiger partial charge in [-0.15, -0.1) is 0 Å². The number of imidazole rings is 1. The lowest BCUT2D eigenvalue weighted by molar-refractivity contribution is 1.17. The summed E-state index contributed by atoms with van der Waals surface area (Å²) in [6, 6.07) is 10.1. The van der Waals surface area contributed by atoms with E-state index in [0.717, 1.165) is 16.7 Å². The van der Waals surface area contributed by atoms with Crippen LogP contribution in [0.1, 0.15) is 0 Å². The molecule has 3 heteroatoms. The van der Waals surface area contributed by atoms with E-state index < -0.39 is 0 Å². The predicted molar refractivity (Wildman–Crippen MR) is 57.1 cm³/mol. The maximum Gasteiger partial charge on any atom is 0.109 e. The van der Waals surface area contributed by atoms with E-state index in [1.54, 1.807) is 6.33 Å². The van der Waals surface area contributed by atoms with Crippen molar-refractivity contribution in [1.82, 2.24) is 9.38 Å². The summed E-state index contributed by atoms with van der Waals surface area (Å²) in [6.45, 7) is 0. The Balaban J connectivity index is 2.66. The summed E-state index contributed by atoms with van der Waals surface area (Å²) in [6.07, 6.45) is 3.57. The van der Waals surface area contributed by atoms with Crippen molar-refractivity contribution in [2.45, 2.75) is 0 Å². The molecule has 0 aliphatic rings. The molecule has 14 heavy (non-hydrogen) atoms. The summed E-state index contributed by atoms with van der Waals surface area (Å²) in [5.41, 5.74) is 6.95. The van der Waals surface area contributed by atoms with Crippen LogP contribution in [0.2, 0.25) is 0 Å². The summed E-state index contributed by atoms with van der Waals surface area (Å²) in [7, 11) is 0. The van der Waals surface area contributed by atoms with Gasteiger partial charge in [-0.1, -0.05) is 24.3 Å². The number of rotatable bonds is 0. The Labute approximate surface area is 80.8 Å². The first-order valence-electron chi connectivity index (χ1n) is 4.45. The van der Waals surface area contributed by atoms with Crippen LogP contribution in [0.4, 0.5) is 5.82 Å². The first-order valence-corrected chi connectivity index (χ1v) is 4.45. The van der Waals surface area contributed by atoms with Gasteiger partial charge >= 0.3 is 0 Å². The number of fused-ring (bicyclic) bond motifs is 3. The van der Waals surface area contributed by atoms with Crippen LogP contribution in [-0.2, 0) is 0 Å². The molecule has 0 spiro atoms. The molecule has 3 rings (SSSR count). The van der Waals surface area contributed by atoms with E-state index >= 15 is 0 Å². The van der Waals surface area contributed by atoms with Crippen LogP contribution in [0.3, 0.4) is 0 Å². The number of pyridine rings is 1. The Morgan fingerprint density at radius 1 is 1.21 bits per heavy atom. The summed E-state index contributed by atoms with van der Waals surface area (Å²) in [5, 5.41) is 2.33. The average molecular weight is 183 g/mol. The minimum atomic E-state index is 0.719. The molecule has 0 fully saturated rings. The number of benzene rings is 1. The zero-order chi connectivity index (χ0) is 9.54. The molecule has 2 N–H and O–H groups in total. The van der Waals surface area contributed by atoms with Crippen molar-refractivity contribution in [3.05, 3.63) is 42.9 Å². The fraction of sp³-hybridized carbons (Fsp3) is 0. The molecule has 0 saturated carbocycles. The molecule has 0 aliphatic heterocycles. The standard InChI is InChI=1S/C11H9N3/c12-11-5-8-3-1-2-4-9(8)10-6-13-7-14(10)11/h1-7H,12H2. The topological polar surface area (TPSA) is 43.3 Å². The second-order valence-corrected chi connectivity index (χ2v) is 3.31. The van der Waals surface area contributed by atoms with Gasteiger partial charge in [0, 0.05) is 5.39 Å². The van der Waals surface area contributed by atoms with Crippen LogP contribution in [-0.4, -0.2) is 9.38 Å². The monoisotopic (exact) mass is 183 g/mol. The molecule has 3 aromatic rings. The van der Waals surface area contributed by atoms with Crippen molar-refractivity contribution in [2.75, 3.05) is 5.73 Å². The van der Waals surface area contributed by atoms with E-state index in [9.17, 15) is 0 Å². The highest BCUT2D eigenvalue weighted by Gasteiger charge is 2.02. The second-order valence-electron chi connectivity index (χ2n) is 3.31. The molecule has 0 amide bonds. The van der Waals surface area contributed by atoms with Crippen molar-refractivity contribution >= 4 is 22.1 Å². The van der Waals surface area contributed by atoms with Crippen LogP contribution in [0.5, 0.6) is 0 Å². The summed E-state index contributed by atoms with van der Waals surface area (Å²) >= 11 is 0. The smallest absolute Gasteiger partial charge is 0.109 e. The molecule has 68 valence electrons. The van der Waals surface area contributed by atoms with Crippen LogP contribution >= 0.6 is 0 Å². The summed E-state index contributed by atoms with van der Waals surface area (Å²) < 4.78 is 1.89. The lowest BCUT2D eigenvalue weighted by Gasteiger charge is -2.03. The number of hydrogen-bond donors (Lipinski definition) is 1. The maximum absolute atomic E-state index is 5.89. The number of anilines is 1. The van der Waals surface area contributed by atoms with Crippen molar-refractivity contribution < 1.29 is 0 Å². The van der Waals surface area contributed by atoms with Gasteiger partial charge < -0.3 is 5.73 Å². The van der Waals surface area contributed by atoms with Crippen LogP contribution in [0.15, 0.2) is 42.9 Å². The molecule has 0 saturated heterocycles. The zero-order valence-electron chi connectivity index (χ0n) is 7.51. The minimum Gasteiger partial charge on any atom is -0.385 e. The van der Waals surface area contributed by atoms with Gasteiger partial charge in [-0.3, -0.25) is 4.40 Å². The number of nitrogen functional groups attached to an aromatic ring is 1. The third-order valence-electron chi connectivity index (χ3n) is 2.46. The summed E-state index contributed by atoms with van der Waals surface area (Å²) in [4.78, 5) is 4.10. The Kier molecular flexibility index (Phi) is 1.31. The normalized spacial score (nSPS) is 11.1. The Hall–Kier alpha value is -2.03. The van der Waals surface area contributed by atoms with Gasteiger partial charge in [-0.2, -0.15) is 0 Å². The second kappa shape index (κ2) is 2.48. The van der Waals surface area contributed by atoms with Crippen LogP contribution in [0, 0.1) is 0 Å². The van der Waals surface area contributed by atoms with Gasteiger partial charge in [0.1, 0.15) is 12.1 Å². The van der Waals surface area contributed by atoms with Gasteiger partial charge in [0.05, 0.1) is 11.7 Å². The van der Waals surface area contributed by atoms with Gasteiger partial charge in [-0.25, -0.2) is 4.98 Å². The predicted octanol–water partition coefficient (Wildman–Crippen LogP) is 2.07. The maximum atomic E-state index is 5.89. The fourth-order valence-corrected chi connectivity index (χ4v) is 1.79. The molecule has 2 heterocycles. The molecule has 0 aliphatic carbocycles. The van der Waals surface area contributed by atoms with Gasteiger partial charge in [0.25, 0.3) is 0 Å². The molecule has 0 radical (unpaired) electrons. The zero-order valence-corrected chi connectivity index (χ0v) is 7.51. The van der Waals surface area contributed by atoms with Crippen LogP contribution in [0.25, 0.3) is 16.3 Å². The van der Waals surface area contributed by atoms with Crippen molar-refractivity contribution in [2.24, 2.45) is 0 Å². The molecule has 2 aromatic heterocycles. The van der Waals surface area contributed by atoms with Crippen LogP contribution < -0.4 is 5.73 Å². The Bertz CT molecular complexity index is 610.